The Balaban J connectivity index is 3.00. The molecular weight excluding hydrogens is 192 g/mol. The van der Waals surface area contributed by atoms with E-state index in [0.29, 0.717) is 6.42 Å². The average molecular weight is 206 g/mol. The second kappa shape index (κ2) is 7.91. The number of carbonyl (C=O) groups is 2. The van der Waals surface area contributed by atoms with Crippen molar-refractivity contribution in [2.75, 3.05) is 11.5 Å². The first-order valence-electron chi connectivity index (χ1n) is 4.14. The molecule has 0 aromatic heterocycles. The zero-order valence-electron chi connectivity index (χ0n) is 7.36. The molecule has 0 aliphatic rings. The zero-order valence-corrected chi connectivity index (χ0v) is 8.18. The van der Waals surface area contributed by atoms with E-state index in [0.717, 1.165) is 18.6 Å². The number of rotatable bonds is 8. The lowest BCUT2D eigenvalue weighted by molar-refractivity contribution is -0.137. The highest BCUT2D eigenvalue weighted by Crippen LogP contribution is 2.07. The minimum Gasteiger partial charge on any atom is -0.481 e. The molecule has 4 nitrogen and oxygen atoms in total. The van der Waals surface area contributed by atoms with Crippen LogP contribution in [0.1, 0.15) is 25.7 Å². The predicted molar refractivity (Wildman–Crippen MR) is 51.1 cm³/mol. The summed E-state index contributed by atoms with van der Waals surface area (Å²) >= 11 is 1.37. The summed E-state index contributed by atoms with van der Waals surface area (Å²) in [4.78, 5) is 20.2. The Hall–Kier alpha value is -0.710. The van der Waals surface area contributed by atoms with Gasteiger partial charge in [0, 0.05) is 6.42 Å². The van der Waals surface area contributed by atoms with Gasteiger partial charge in [0.25, 0.3) is 0 Å². The lowest BCUT2D eigenvalue weighted by Gasteiger charge is -1.97. The van der Waals surface area contributed by atoms with Crippen molar-refractivity contribution in [2.24, 2.45) is 0 Å². The summed E-state index contributed by atoms with van der Waals surface area (Å²) in [7, 11) is 0. The highest BCUT2D eigenvalue weighted by Gasteiger charge is 1.98. The first-order chi connectivity index (χ1) is 6.13. The van der Waals surface area contributed by atoms with Crippen molar-refractivity contribution in [2.45, 2.75) is 25.7 Å². The molecule has 0 heterocycles. The van der Waals surface area contributed by atoms with Crippen molar-refractivity contribution in [3.05, 3.63) is 0 Å². The first kappa shape index (κ1) is 12.3. The molecule has 0 spiro atoms. The molecule has 0 unspecified atom stereocenters. The third-order valence-corrected chi connectivity index (χ3v) is 2.43. The molecule has 5 heteroatoms. The zero-order chi connectivity index (χ0) is 10.1. The fourth-order valence-electron chi connectivity index (χ4n) is 0.817. The van der Waals surface area contributed by atoms with E-state index in [1.54, 1.807) is 0 Å². The lowest BCUT2D eigenvalue weighted by Crippen LogP contribution is -1.99. The Labute approximate surface area is 81.3 Å². The van der Waals surface area contributed by atoms with E-state index < -0.39 is 11.9 Å². The van der Waals surface area contributed by atoms with Crippen LogP contribution >= 0.6 is 11.8 Å². The van der Waals surface area contributed by atoms with Crippen LogP contribution in [-0.2, 0) is 9.59 Å². The van der Waals surface area contributed by atoms with Crippen LogP contribution in [0.3, 0.4) is 0 Å². The Bertz CT molecular complexity index is 152. The Kier molecular flexibility index (Phi) is 7.48. The Morgan fingerprint density at radius 2 is 1.69 bits per heavy atom. The third kappa shape index (κ3) is 11.3. The quantitative estimate of drug-likeness (QED) is 0.588. The normalized spacial score (nSPS) is 9.85. The summed E-state index contributed by atoms with van der Waals surface area (Å²) in [5.41, 5.74) is 0. The highest BCUT2D eigenvalue weighted by molar-refractivity contribution is 7.99. The number of carboxylic acids is 2. The number of hydrogen-bond donors (Lipinski definition) is 2. The number of thioether (sulfide) groups is 1. The van der Waals surface area contributed by atoms with Crippen LogP contribution in [0.5, 0.6) is 0 Å². The number of aliphatic carboxylic acids is 2. The first-order valence-corrected chi connectivity index (χ1v) is 5.29. The summed E-state index contributed by atoms with van der Waals surface area (Å²) in [5, 5.41) is 16.6. The summed E-state index contributed by atoms with van der Waals surface area (Å²) in [6.45, 7) is 0. The molecule has 13 heavy (non-hydrogen) atoms. The molecule has 76 valence electrons. The van der Waals surface area contributed by atoms with E-state index in [4.69, 9.17) is 10.2 Å². The second-order valence-corrected chi connectivity index (χ2v) is 3.76. The molecule has 2 N–H and O–H groups in total. The van der Waals surface area contributed by atoms with Crippen LogP contribution < -0.4 is 0 Å². The SMILES string of the molecule is O=C(O)CCCCCSCC(=O)O. The average Bonchev–Trinajstić information content (AvgIpc) is 2.01. The van der Waals surface area contributed by atoms with E-state index in [-0.39, 0.29) is 12.2 Å². The third-order valence-electron chi connectivity index (χ3n) is 1.40. The molecule has 0 aromatic rings. The van der Waals surface area contributed by atoms with Gasteiger partial charge in [-0.05, 0) is 18.6 Å². The monoisotopic (exact) mass is 206 g/mol. The smallest absolute Gasteiger partial charge is 0.313 e. The van der Waals surface area contributed by atoms with E-state index in [2.05, 4.69) is 0 Å². The van der Waals surface area contributed by atoms with Crippen LogP contribution in [0.25, 0.3) is 0 Å². The summed E-state index contributed by atoms with van der Waals surface area (Å²) in [6, 6.07) is 0. The molecule has 0 saturated heterocycles. The Morgan fingerprint density at radius 1 is 1.00 bits per heavy atom. The van der Waals surface area contributed by atoms with Gasteiger partial charge >= 0.3 is 11.9 Å². The van der Waals surface area contributed by atoms with Gasteiger partial charge in [-0.3, -0.25) is 9.59 Å². The van der Waals surface area contributed by atoms with Gasteiger partial charge in [0.05, 0.1) is 5.75 Å². The molecule has 0 atom stereocenters. The minimum atomic E-state index is -0.796. The molecule has 0 amide bonds. The van der Waals surface area contributed by atoms with Gasteiger partial charge in [-0.25, -0.2) is 0 Å². The predicted octanol–water partition coefficient (Wildman–Crippen LogP) is 1.45. The van der Waals surface area contributed by atoms with Crippen molar-refractivity contribution in [3.63, 3.8) is 0 Å². The minimum absolute atomic E-state index is 0.138. The van der Waals surface area contributed by atoms with Crippen LogP contribution in [-0.4, -0.2) is 33.7 Å². The van der Waals surface area contributed by atoms with Crippen LogP contribution in [0.4, 0.5) is 0 Å². The van der Waals surface area contributed by atoms with E-state index >= 15 is 0 Å². The molecule has 0 rings (SSSR count). The lowest BCUT2D eigenvalue weighted by atomic mass is 10.2. The molecule has 0 bridgehead atoms. The molecular formula is C8H14O4S. The summed E-state index contributed by atoms with van der Waals surface area (Å²) < 4.78 is 0. The van der Waals surface area contributed by atoms with E-state index in [1.165, 1.54) is 11.8 Å². The van der Waals surface area contributed by atoms with Gasteiger partial charge in [0.2, 0.25) is 0 Å². The molecule has 0 aliphatic heterocycles. The van der Waals surface area contributed by atoms with Gasteiger partial charge in [-0.1, -0.05) is 6.42 Å². The molecule has 0 aromatic carbocycles. The number of hydrogen-bond acceptors (Lipinski definition) is 3. The summed E-state index contributed by atoms with van der Waals surface area (Å²) in [6.07, 6.45) is 2.65. The molecule has 0 radical (unpaired) electrons. The van der Waals surface area contributed by atoms with Gasteiger partial charge in [-0.15, -0.1) is 0 Å². The van der Waals surface area contributed by atoms with Gasteiger partial charge in [0.1, 0.15) is 0 Å². The highest BCUT2D eigenvalue weighted by atomic mass is 32.2. The maximum absolute atomic E-state index is 10.1. The molecule has 0 saturated carbocycles. The van der Waals surface area contributed by atoms with E-state index in [1.807, 2.05) is 0 Å². The largest absolute Gasteiger partial charge is 0.481 e. The maximum atomic E-state index is 10.1. The van der Waals surface area contributed by atoms with Crippen LogP contribution in [0.2, 0.25) is 0 Å². The van der Waals surface area contributed by atoms with Crippen molar-refractivity contribution in [3.8, 4) is 0 Å². The topological polar surface area (TPSA) is 74.6 Å². The second-order valence-electron chi connectivity index (χ2n) is 2.65. The van der Waals surface area contributed by atoms with Gasteiger partial charge < -0.3 is 10.2 Å². The van der Waals surface area contributed by atoms with Crippen LogP contribution in [0, 0.1) is 0 Å². The maximum Gasteiger partial charge on any atom is 0.313 e. The molecule has 0 aliphatic carbocycles. The van der Waals surface area contributed by atoms with Gasteiger partial charge in [0.15, 0.2) is 0 Å². The van der Waals surface area contributed by atoms with Gasteiger partial charge in [-0.2, -0.15) is 11.8 Å². The van der Waals surface area contributed by atoms with Crippen molar-refractivity contribution in [1.29, 1.82) is 0 Å². The summed E-state index contributed by atoms with van der Waals surface area (Å²) in [5.74, 6) is -0.626. The number of unbranched alkanes of at least 4 members (excludes halogenated alkanes) is 2. The van der Waals surface area contributed by atoms with Crippen molar-refractivity contribution < 1.29 is 19.8 Å². The fraction of sp³-hybridized carbons (Fsp3) is 0.750. The standard InChI is InChI=1S/C8H14O4S/c9-7(10)4-2-1-3-5-13-6-8(11)12/h1-6H2,(H,9,10)(H,11,12). The Morgan fingerprint density at radius 3 is 2.23 bits per heavy atom. The van der Waals surface area contributed by atoms with Crippen molar-refractivity contribution >= 4 is 23.7 Å². The number of carboxylic acid groups (broad SMARTS) is 2. The van der Waals surface area contributed by atoms with Crippen molar-refractivity contribution in [1.82, 2.24) is 0 Å². The molecule has 0 fully saturated rings. The van der Waals surface area contributed by atoms with E-state index in [9.17, 15) is 9.59 Å². The fourth-order valence-corrected chi connectivity index (χ4v) is 1.54. The van der Waals surface area contributed by atoms with Crippen LogP contribution in [0.15, 0.2) is 0 Å².